The number of fused-ring (bicyclic) bond motifs is 1. The number of thiazole rings is 1. The van der Waals surface area contributed by atoms with Crippen LogP contribution in [0.4, 0.5) is 0 Å². The van der Waals surface area contributed by atoms with Crippen LogP contribution in [0.2, 0.25) is 0 Å². The fourth-order valence-corrected chi connectivity index (χ4v) is 3.65. The lowest BCUT2D eigenvalue weighted by Crippen LogP contribution is -2.13. The summed E-state index contributed by atoms with van der Waals surface area (Å²) in [4.78, 5) is 29.1. The summed E-state index contributed by atoms with van der Waals surface area (Å²) >= 11 is 1.37. The maximum Gasteiger partial charge on any atom is 0.337 e. The molecule has 25 heavy (non-hydrogen) atoms. The number of aromatic nitrogens is 1. The molecule has 0 aliphatic heterocycles. The molecule has 1 amide bonds. The second kappa shape index (κ2) is 6.64. The first-order chi connectivity index (χ1) is 11.9. The number of hydrogen-bond donors (Lipinski definition) is 0. The van der Waals surface area contributed by atoms with Gasteiger partial charge in [0.25, 0.3) is 5.91 Å². The van der Waals surface area contributed by atoms with E-state index in [1.807, 2.05) is 49.7 Å². The van der Waals surface area contributed by atoms with Crippen molar-refractivity contribution in [3.05, 3.63) is 63.5 Å². The molecule has 1 aromatic heterocycles. The van der Waals surface area contributed by atoms with Gasteiger partial charge in [0.1, 0.15) is 0 Å². The molecule has 3 rings (SSSR count). The quantitative estimate of drug-likeness (QED) is 0.663. The van der Waals surface area contributed by atoms with Crippen molar-refractivity contribution < 1.29 is 14.3 Å². The molecule has 0 spiro atoms. The standard InChI is InChI=1S/C19H18N2O3S/c1-11-5-6-12(2)14(9-11)17(22)20-19-21(3)15-8-7-13(18(23)24-4)10-16(15)25-19/h5-10H,1-4H3. The molecule has 0 aliphatic rings. The van der Waals surface area contributed by atoms with E-state index in [9.17, 15) is 9.59 Å². The summed E-state index contributed by atoms with van der Waals surface area (Å²) in [6, 6.07) is 11.0. The number of esters is 1. The number of hydrogen-bond acceptors (Lipinski definition) is 4. The molecule has 0 saturated carbocycles. The Hall–Kier alpha value is -2.73. The van der Waals surface area contributed by atoms with Gasteiger partial charge >= 0.3 is 5.97 Å². The number of nitrogens with zero attached hydrogens (tertiary/aromatic N) is 2. The van der Waals surface area contributed by atoms with Gasteiger partial charge in [-0.05, 0) is 43.7 Å². The minimum Gasteiger partial charge on any atom is -0.465 e. The fraction of sp³-hybridized carbons (Fsp3) is 0.211. The van der Waals surface area contributed by atoms with E-state index in [0.717, 1.165) is 21.3 Å². The molecule has 0 radical (unpaired) electrons. The van der Waals surface area contributed by atoms with E-state index in [2.05, 4.69) is 4.99 Å². The van der Waals surface area contributed by atoms with Gasteiger partial charge in [-0.1, -0.05) is 29.0 Å². The summed E-state index contributed by atoms with van der Waals surface area (Å²) in [6.07, 6.45) is 0. The van der Waals surface area contributed by atoms with E-state index < -0.39 is 0 Å². The molecule has 3 aromatic rings. The third kappa shape index (κ3) is 3.25. The van der Waals surface area contributed by atoms with Gasteiger partial charge in [0, 0.05) is 12.6 Å². The second-order valence-electron chi connectivity index (χ2n) is 5.85. The van der Waals surface area contributed by atoms with Crippen molar-refractivity contribution in [2.45, 2.75) is 13.8 Å². The van der Waals surface area contributed by atoms with Gasteiger partial charge in [0.2, 0.25) is 0 Å². The van der Waals surface area contributed by atoms with Crippen LogP contribution in [0.5, 0.6) is 0 Å². The number of methoxy groups -OCH3 is 1. The van der Waals surface area contributed by atoms with Crippen molar-refractivity contribution in [2.24, 2.45) is 12.0 Å². The first-order valence-electron chi connectivity index (χ1n) is 7.75. The summed E-state index contributed by atoms with van der Waals surface area (Å²) in [6.45, 7) is 3.85. The average Bonchev–Trinajstić information content (AvgIpc) is 2.91. The smallest absolute Gasteiger partial charge is 0.337 e. The molecule has 0 atom stereocenters. The molecular formula is C19H18N2O3S. The van der Waals surface area contributed by atoms with Crippen LogP contribution in [-0.4, -0.2) is 23.6 Å². The molecule has 1 heterocycles. The molecule has 6 heteroatoms. The van der Waals surface area contributed by atoms with Gasteiger partial charge in [-0.15, -0.1) is 0 Å². The zero-order valence-electron chi connectivity index (χ0n) is 14.5. The van der Waals surface area contributed by atoms with Crippen LogP contribution in [0.15, 0.2) is 41.4 Å². The normalized spacial score (nSPS) is 11.8. The molecule has 128 valence electrons. The van der Waals surface area contributed by atoms with Crippen molar-refractivity contribution in [1.29, 1.82) is 0 Å². The van der Waals surface area contributed by atoms with Crippen molar-refractivity contribution in [1.82, 2.24) is 4.57 Å². The maximum absolute atomic E-state index is 12.6. The second-order valence-corrected chi connectivity index (χ2v) is 6.86. The summed E-state index contributed by atoms with van der Waals surface area (Å²) in [7, 11) is 3.20. The van der Waals surface area contributed by atoms with Crippen molar-refractivity contribution in [3.8, 4) is 0 Å². The van der Waals surface area contributed by atoms with Crippen LogP contribution >= 0.6 is 11.3 Å². The van der Waals surface area contributed by atoms with Crippen LogP contribution in [0.1, 0.15) is 31.8 Å². The fourth-order valence-electron chi connectivity index (χ4n) is 2.60. The lowest BCUT2D eigenvalue weighted by Gasteiger charge is -2.02. The highest BCUT2D eigenvalue weighted by atomic mass is 32.1. The summed E-state index contributed by atoms with van der Waals surface area (Å²) in [5.41, 5.74) is 3.91. The highest BCUT2D eigenvalue weighted by Crippen LogP contribution is 2.19. The average molecular weight is 354 g/mol. The van der Waals surface area contributed by atoms with E-state index in [0.29, 0.717) is 15.9 Å². The molecule has 2 aromatic carbocycles. The van der Waals surface area contributed by atoms with Crippen LogP contribution in [0.3, 0.4) is 0 Å². The number of aryl methyl sites for hydroxylation is 3. The van der Waals surface area contributed by atoms with Crippen LogP contribution in [-0.2, 0) is 11.8 Å². The Morgan fingerprint density at radius 3 is 2.60 bits per heavy atom. The van der Waals surface area contributed by atoms with Crippen LogP contribution in [0.25, 0.3) is 10.2 Å². The van der Waals surface area contributed by atoms with Crippen molar-refractivity contribution in [2.75, 3.05) is 7.11 Å². The summed E-state index contributed by atoms with van der Waals surface area (Å²) in [5, 5.41) is 0. The minimum absolute atomic E-state index is 0.267. The monoisotopic (exact) mass is 354 g/mol. The van der Waals surface area contributed by atoms with Gasteiger partial charge in [0.15, 0.2) is 4.80 Å². The van der Waals surface area contributed by atoms with E-state index >= 15 is 0 Å². The summed E-state index contributed by atoms with van der Waals surface area (Å²) < 4.78 is 7.47. The predicted octanol–water partition coefficient (Wildman–Crippen LogP) is 3.38. The molecular weight excluding hydrogens is 336 g/mol. The van der Waals surface area contributed by atoms with E-state index in [1.54, 1.807) is 12.1 Å². The predicted molar refractivity (Wildman–Crippen MR) is 97.9 cm³/mol. The zero-order valence-corrected chi connectivity index (χ0v) is 15.3. The van der Waals surface area contributed by atoms with E-state index in [1.165, 1.54) is 18.4 Å². The Labute approximate surface area is 149 Å². The SMILES string of the molecule is COC(=O)c1ccc2c(c1)sc(=NC(=O)c1cc(C)ccc1C)n2C. The Bertz CT molecular complexity index is 1060. The number of ether oxygens (including phenoxy) is 1. The lowest BCUT2D eigenvalue weighted by atomic mass is 10.1. The lowest BCUT2D eigenvalue weighted by molar-refractivity contribution is 0.0601. The first-order valence-corrected chi connectivity index (χ1v) is 8.56. The number of carbonyl (C=O) groups excluding carboxylic acids is 2. The number of carbonyl (C=O) groups is 2. The topological polar surface area (TPSA) is 60.7 Å². The van der Waals surface area contributed by atoms with Gasteiger partial charge in [-0.2, -0.15) is 4.99 Å². The zero-order chi connectivity index (χ0) is 18.1. The highest BCUT2D eigenvalue weighted by molar-refractivity contribution is 7.16. The molecule has 0 aliphatic carbocycles. The van der Waals surface area contributed by atoms with Crippen LogP contribution < -0.4 is 4.80 Å². The molecule has 0 bridgehead atoms. The third-order valence-corrected chi connectivity index (χ3v) is 5.15. The van der Waals surface area contributed by atoms with Gasteiger partial charge in [-0.25, -0.2) is 4.79 Å². The third-order valence-electron chi connectivity index (χ3n) is 4.05. The van der Waals surface area contributed by atoms with Crippen molar-refractivity contribution >= 4 is 33.4 Å². The molecule has 0 N–H and O–H groups in total. The van der Waals surface area contributed by atoms with Crippen molar-refractivity contribution in [3.63, 3.8) is 0 Å². The molecule has 0 saturated heterocycles. The van der Waals surface area contributed by atoms with Gasteiger partial charge in [0.05, 0.1) is 22.9 Å². The maximum atomic E-state index is 12.6. The van der Waals surface area contributed by atoms with Gasteiger partial charge < -0.3 is 9.30 Å². The number of amides is 1. The number of benzene rings is 2. The molecule has 0 fully saturated rings. The molecule has 0 unspecified atom stereocenters. The minimum atomic E-state index is -0.386. The highest BCUT2D eigenvalue weighted by Gasteiger charge is 2.12. The Morgan fingerprint density at radius 1 is 1.12 bits per heavy atom. The summed E-state index contributed by atoms with van der Waals surface area (Å²) in [5.74, 6) is -0.653. The first kappa shape index (κ1) is 17.1. The Balaban J connectivity index is 2.10. The van der Waals surface area contributed by atoms with Crippen LogP contribution in [0, 0.1) is 13.8 Å². The largest absolute Gasteiger partial charge is 0.465 e. The van der Waals surface area contributed by atoms with E-state index in [4.69, 9.17) is 4.74 Å². The molecule has 5 nitrogen and oxygen atoms in total. The Kier molecular flexibility index (Phi) is 4.55. The number of rotatable bonds is 2. The van der Waals surface area contributed by atoms with E-state index in [-0.39, 0.29) is 11.9 Å². The van der Waals surface area contributed by atoms with Gasteiger partial charge in [-0.3, -0.25) is 4.79 Å². The Morgan fingerprint density at radius 2 is 1.88 bits per heavy atom.